The summed E-state index contributed by atoms with van der Waals surface area (Å²) >= 11 is 1.38. The summed E-state index contributed by atoms with van der Waals surface area (Å²) in [4.78, 5) is 29.5. The quantitative estimate of drug-likeness (QED) is 0.278. The average Bonchev–Trinajstić information content (AvgIpc) is 3.58. The van der Waals surface area contributed by atoms with Gasteiger partial charge in [0.15, 0.2) is 6.10 Å². The fraction of sp³-hybridized carbons (Fsp3) is 0.276. The van der Waals surface area contributed by atoms with Gasteiger partial charge < -0.3 is 19.6 Å². The van der Waals surface area contributed by atoms with E-state index in [0.717, 1.165) is 27.3 Å². The molecule has 0 aliphatic carbocycles. The molecule has 1 unspecified atom stereocenters. The van der Waals surface area contributed by atoms with Gasteiger partial charge in [-0.3, -0.25) is 4.79 Å². The lowest BCUT2D eigenvalue weighted by Crippen LogP contribution is -2.29. The Morgan fingerprint density at radius 3 is 2.35 bits per heavy atom. The number of carboxylic acid groups (broad SMARTS) is 1. The zero-order chi connectivity index (χ0) is 26.8. The van der Waals surface area contributed by atoms with Crippen LogP contribution < -0.4 is 5.32 Å². The molecule has 1 atom stereocenters. The Kier molecular flexibility index (Phi) is 10.2. The lowest BCUT2D eigenvalue weighted by Gasteiger charge is -2.17. The smallest absolute Gasteiger partial charge is 0.333 e. The van der Waals surface area contributed by atoms with Gasteiger partial charge in [-0.05, 0) is 56.5 Å². The normalized spacial score (nSPS) is 11.5. The number of carbonyl (C=O) groups excluding carboxylic acids is 1. The van der Waals surface area contributed by atoms with E-state index in [-0.39, 0.29) is 18.4 Å². The number of carbonyl (C=O) groups is 2. The summed E-state index contributed by atoms with van der Waals surface area (Å²) in [5.74, 6) is -1.15. The van der Waals surface area contributed by atoms with Gasteiger partial charge in [-0.1, -0.05) is 48.5 Å². The molecule has 2 aromatic carbocycles. The Bertz CT molecular complexity index is 1270. The minimum atomic E-state index is -0.982. The highest BCUT2D eigenvalue weighted by Crippen LogP contribution is 2.27. The summed E-state index contributed by atoms with van der Waals surface area (Å²) in [6.45, 7) is 7.78. The molecular weight excluding hydrogens is 488 g/mol. The maximum absolute atomic E-state index is 12.8. The largest absolute Gasteiger partial charge is 0.479 e. The number of benzene rings is 2. The van der Waals surface area contributed by atoms with Crippen LogP contribution in [0.2, 0.25) is 0 Å². The first-order valence-electron chi connectivity index (χ1n) is 12.0. The minimum Gasteiger partial charge on any atom is -0.479 e. The van der Waals surface area contributed by atoms with Gasteiger partial charge in [0.05, 0.1) is 24.3 Å². The van der Waals surface area contributed by atoms with Gasteiger partial charge in [0.25, 0.3) is 5.91 Å². The van der Waals surface area contributed by atoms with E-state index in [0.29, 0.717) is 17.1 Å². The van der Waals surface area contributed by atoms with Crippen molar-refractivity contribution in [3.63, 3.8) is 0 Å². The number of carboxylic acids is 1. The van der Waals surface area contributed by atoms with Crippen molar-refractivity contribution in [1.82, 2.24) is 10.3 Å². The lowest BCUT2D eigenvalue weighted by molar-refractivity contribution is -0.153. The van der Waals surface area contributed by atoms with Crippen LogP contribution in [-0.4, -0.2) is 34.2 Å². The molecule has 37 heavy (non-hydrogen) atoms. The predicted molar refractivity (Wildman–Crippen MR) is 145 cm³/mol. The van der Waals surface area contributed by atoms with E-state index in [1.165, 1.54) is 11.3 Å². The third-order valence-electron chi connectivity index (χ3n) is 5.43. The number of amides is 1. The molecule has 194 valence electrons. The number of nitrogens with one attached hydrogen (secondary N) is 1. The van der Waals surface area contributed by atoms with Crippen LogP contribution in [0.3, 0.4) is 0 Å². The second-order valence-corrected chi connectivity index (χ2v) is 9.75. The third-order valence-corrected chi connectivity index (χ3v) is 6.64. The first-order chi connectivity index (χ1) is 17.7. The third kappa shape index (κ3) is 8.41. The van der Waals surface area contributed by atoms with E-state index >= 15 is 0 Å². The SMILES string of the molecule is Cc1ccc(CC(OC(C)C)C(=O)O)cc1CNC(=O)c1sc(-c2ccccc2)nc1C.c1ccoc1. The van der Waals surface area contributed by atoms with Crippen molar-refractivity contribution < 1.29 is 23.8 Å². The van der Waals surface area contributed by atoms with E-state index < -0.39 is 12.1 Å². The van der Waals surface area contributed by atoms with Gasteiger partial charge >= 0.3 is 5.97 Å². The van der Waals surface area contributed by atoms with Crippen LogP contribution in [0.15, 0.2) is 77.6 Å². The van der Waals surface area contributed by atoms with Crippen molar-refractivity contribution in [3.05, 3.63) is 100 Å². The molecule has 0 spiro atoms. The number of rotatable bonds is 9. The summed E-state index contributed by atoms with van der Waals surface area (Å²) in [5.41, 5.74) is 4.51. The summed E-state index contributed by atoms with van der Waals surface area (Å²) in [6, 6.07) is 19.2. The predicted octanol–water partition coefficient (Wildman–Crippen LogP) is 6.06. The molecular formula is C29H32N2O5S. The van der Waals surface area contributed by atoms with Crippen LogP contribution in [0.5, 0.6) is 0 Å². The van der Waals surface area contributed by atoms with E-state index in [1.54, 1.807) is 12.5 Å². The summed E-state index contributed by atoms with van der Waals surface area (Å²) < 4.78 is 10.1. The summed E-state index contributed by atoms with van der Waals surface area (Å²) in [7, 11) is 0. The molecule has 8 heteroatoms. The van der Waals surface area contributed by atoms with Gasteiger partial charge in [0.1, 0.15) is 9.88 Å². The number of thiazole rings is 1. The summed E-state index contributed by atoms with van der Waals surface area (Å²) in [5, 5.41) is 13.2. The molecule has 7 nitrogen and oxygen atoms in total. The Labute approximate surface area is 221 Å². The van der Waals surface area contributed by atoms with Gasteiger partial charge in [-0.2, -0.15) is 0 Å². The second kappa shape index (κ2) is 13.5. The number of aliphatic carboxylic acids is 1. The Morgan fingerprint density at radius 2 is 1.76 bits per heavy atom. The Morgan fingerprint density at radius 1 is 1.05 bits per heavy atom. The topological polar surface area (TPSA) is 102 Å². The van der Waals surface area contributed by atoms with Crippen molar-refractivity contribution in [1.29, 1.82) is 0 Å². The van der Waals surface area contributed by atoms with Crippen LogP contribution in [0, 0.1) is 13.8 Å². The molecule has 4 aromatic rings. The standard InChI is InChI=1S/C25H28N2O4S.C4H4O/c1-15(2)31-21(25(29)30)13-18-11-10-16(3)20(12-18)14-26-23(28)22-17(4)27-24(32-22)19-8-6-5-7-9-19;1-2-4-5-3-1/h5-12,15,21H,13-14H2,1-4H3,(H,26,28)(H,29,30);1-4H. The van der Waals surface area contributed by atoms with Crippen molar-refractivity contribution in [2.24, 2.45) is 0 Å². The van der Waals surface area contributed by atoms with Crippen LogP contribution in [0.1, 0.15) is 45.9 Å². The summed E-state index contributed by atoms with van der Waals surface area (Å²) in [6.07, 6.45) is 2.43. The number of ether oxygens (including phenoxy) is 1. The molecule has 0 bridgehead atoms. The fourth-order valence-electron chi connectivity index (χ4n) is 3.57. The van der Waals surface area contributed by atoms with Crippen molar-refractivity contribution >= 4 is 23.2 Å². The monoisotopic (exact) mass is 520 g/mol. The second-order valence-electron chi connectivity index (χ2n) is 8.75. The van der Waals surface area contributed by atoms with E-state index in [2.05, 4.69) is 14.7 Å². The highest BCUT2D eigenvalue weighted by atomic mass is 32.1. The molecule has 0 saturated carbocycles. The van der Waals surface area contributed by atoms with Crippen LogP contribution in [0.4, 0.5) is 0 Å². The molecule has 0 fully saturated rings. The Hall–Kier alpha value is -3.75. The number of aromatic nitrogens is 1. The maximum atomic E-state index is 12.8. The fourth-order valence-corrected chi connectivity index (χ4v) is 4.56. The van der Waals surface area contributed by atoms with Crippen LogP contribution in [-0.2, 0) is 22.5 Å². The van der Waals surface area contributed by atoms with E-state index in [9.17, 15) is 14.7 Å². The molecule has 0 aliphatic heterocycles. The highest BCUT2D eigenvalue weighted by molar-refractivity contribution is 7.17. The van der Waals surface area contributed by atoms with Crippen LogP contribution >= 0.6 is 11.3 Å². The van der Waals surface area contributed by atoms with E-state index in [4.69, 9.17) is 4.74 Å². The molecule has 0 saturated heterocycles. The van der Waals surface area contributed by atoms with Crippen molar-refractivity contribution in [3.8, 4) is 10.6 Å². The van der Waals surface area contributed by atoms with Crippen molar-refractivity contribution in [2.45, 2.75) is 52.9 Å². The zero-order valence-electron chi connectivity index (χ0n) is 21.4. The molecule has 4 rings (SSSR count). The molecule has 0 radical (unpaired) electrons. The van der Waals surface area contributed by atoms with Gasteiger partial charge in [0.2, 0.25) is 0 Å². The number of nitrogens with zero attached hydrogens (tertiary/aromatic N) is 1. The number of aryl methyl sites for hydroxylation is 2. The zero-order valence-corrected chi connectivity index (χ0v) is 22.2. The van der Waals surface area contributed by atoms with Gasteiger partial charge in [-0.15, -0.1) is 11.3 Å². The first-order valence-corrected chi connectivity index (χ1v) is 12.8. The van der Waals surface area contributed by atoms with E-state index in [1.807, 2.05) is 88.4 Å². The minimum absolute atomic E-state index is 0.168. The molecule has 2 N–H and O–H groups in total. The average molecular weight is 521 g/mol. The maximum Gasteiger partial charge on any atom is 0.333 e. The van der Waals surface area contributed by atoms with Crippen molar-refractivity contribution in [2.75, 3.05) is 0 Å². The number of furan rings is 1. The number of hydrogen-bond acceptors (Lipinski definition) is 6. The first kappa shape index (κ1) is 27.8. The highest BCUT2D eigenvalue weighted by Gasteiger charge is 2.21. The molecule has 2 aromatic heterocycles. The Balaban J connectivity index is 0.000000678. The molecule has 0 aliphatic rings. The van der Waals surface area contributed by atoms with Gasteiger partial charge in [-0.25, -0.2) is 9.78 Å². The lowest BCUT2D eigenvalue weighted by atomic mass is 10.0. The molecule has 1 amide bonds. The number of hydrogen-bond donors (Lipinski definition) is 2. The molecule has 2 heterocycles. The van der Waals surface area contributed by atoms with Gasteiger partial charge in [0, 0.05) is 18.5 Å². The van der Waals surface area contributed by atoms with Crippen LogP contribution in [0.25, 0.3) is 10.6 Å².